The number of hydrogen-bond donors (Lipinski definition) is 3. The maximum Gasteiger partial charge on any atom is 0.0873 e. The van der Waals surface area contributed by atoms with Crippen molar-refractivity contribution >= 4 is 5.84 Å². The Morgan fingerprint density at radius 2 is 1.28 bits per heavy atom. The van der Waals surface area contributed by atoms with Gasteiger partial charge < -0.3 is 11.1 Å². The van der Waals surface area contributed by atoms with E-state index in [1.54, 1.807) is 12.3 Å². The van der Waals surface area contributed by atoms with Gasteiger partial charge in [-0.3, -0.25) is 5.41 Å². The van der Waals surface area contributed by atoms with Crippen LogP contribution >= 0.6 is 0 Å². The smallest absolute Gasteiger partial charge is 0.0873 e. The minimum absolute atomic E-state index is 0.167. The molecule has 0 aromatic carbocycles. The first-order valence-corrected chi connectivity index (χ1v) is 6.55. The van der Waals surface area contributed by atoms with Gasteiger partial charge in [0, 0.05) is 7.05 Å². The van der Waals surface area contributed by atoms with Gasteiger partial charge in [-0.05, 0) is 20.0 Å². The van der Waals surface area contributed by atoms with E-state index in [0.29, 0.717) is 0 Å². The quantitative estimate of drug-likeness (QED) is 0.382. The molecule has 0 unspecified atom stereocenters. The van der Waals surface area contributed by atoms with Crippen molar-refractivity contribution in [2.45, 2.75) is 60.8 Å². The number of allylic oxidation sites excluding steroid dienone is 1. The predicted octanol–water partition coefficient (Wildman–Crippen LogP) is 4.71. The average molecular weight is 259 g/mol. The molecule has 0 fully saturated rings. The molecule has 0 heterocycles. The van der Waals surface area contributed by atoms with Gasteiger partial charge in [-0.1, -0.05) is 59.6 Å². The molecule has 3 nitrogen and oxygen atoms in total. The van der Waals surface area contributed by atoms with Crippen molar-refractivity contribution < 1.29 is 0 Å². The topological polar surface area (TPSA) is 61.9 Å². The van der Waals surface area contributed by atoms with Gasteiger partial charge >= 0.3 is 0 Å². The van der Waals surface area contributed by atoms with Crippen molar-refractivity contribution in [3.63, 3.8) is 0 Å². The minimum atomic E-state index is 0.167. The van der Waals surface area contributed by atoms with Gasteiger partial charge in [-0.25, -0.2) is 0 Å². The van der Waals surface area contributed by atoms with Crippen LogP contribution in [0, 0.1) is 5.41 Å². The van der Waals surface area contributed by atoms with Gasteiger partial charge in [0.2, 0.25) is 0 Å². The van der Waals surface area contributed by atoms with Crippen LogP contribution in [0.15, 0.2) is 25.4 Å². The van der Waals surface area contributed by atoms with Crippen molar-refractivity contribution in [2.75, 3.05) is 7.05 Å². The number of hydrogen-bond acceptors (Lipinski definition) is 2. The van der Waals surface area contributed by atoms with E-state index in [1.165, 1.54) is 26.2 Å². The molecule has 112 valence electrons. The second kappa shape index (κ2) is 57.1. The SMILES string of the molecule is C=CC.C=CNC.CC(=N)N.CCC.CCCC. The first-order valence-electron chi connectivity index (χ1n) is 6.55. The van der Waals surface area contributed by atoms with Crippen LogP contribution in [0.1, 0.15) is 60.8 Å². The van der Waals surface area contributed by atoms with Crippen LogP contribution in [0.3, 0.4) is 0 Å². The third-order valence-corrected chi connectivity index (χ3v) is 0.704. The monoisotopic (exact) mass is 259 g/mol. The first-order chi connectivity index (χ1) is 8.39. The number of unbranched alkanes of at least 4 members (excludes halogenated alkanes) is 1. The Morgan fingerprint density at radius 1 is 1.17 bits per heavy atom. The number of nitrogens with one attached hydrogen (secondary N) is 2. The van der Waals surface area contributed by atoms with Crippen molar-refractivity contribution in [1.29, 1.82) is 5.41 Å². The molecule has 0 saturated carbocycles. The van der Waals surface area contributed by atoms with E-state index in [1.807, 2.05) is 14.0 Å². The first kappa shape index (κ1) is 30.1. The molecule has 0 atom stereocenters. The van der Waals surface area contributed by atoms with Crippen molar-refractivity contribution in [3.05, 3.63) is 25.4 Å². The van der Waals surface area contributed by atoms with Crippen LogP contribution < -0.4 is 11.1 Å². The Kier molecular flexibility index (Phi) is 95.4. The average Bonchev–Trinajstić information content (AvgIpc) is 2.30. The normalized spacial score (nSPS) is 5.94. The van der Waals surface area contributed by atoms with Crippen molar-refractivity contribution in [1.82, 2.24) is 5.32 Å². The molecule has 0 amide bonds. The van der Waals surface area contributed by atoms with Crippen LogP contribution in [0.2, 0.25) is 0 Å². The highest BCUT2D eigenvalue weighted by Crippen LogP contribution is 1.76. The van der Waals surface area contributed by atoms with Gasteiger partial charge in [0.15, 0.2) is 0 Å². The fraction of sp³-hybridized carbons (Fsp3) is 0.667. The van der Waals surface area contributed by atoms with Gasteiger partial charge in [-0.2, -0.15) is 0 Å². The molecule has 4 N–H and O–H groups in total. The van der Waals surface area contributed by atoms with E-state index < -0.39 is 0 Å². The minimum Gasteiger partial charge on any atom is -0.394 e. The zero-order valence-electron chi connectivity index (χ0n) is 13.8. The highest BCUT2D eigenvalue weighted by molar-refractivity contribution is 5.73. The molecule has 0 saturated heterocycles. The van der Waals surface area contributed by atoms with Crippen molar-refractivity contribution in [3.8, 4) is 0 Å². The van der Waals surface area contributed by atoms with Gasteiger partial charge in [0.25, 0.3) is 0 Å². The van der Waals surface area contributed by atoms with Crippen LogP contribution in [0.25, 0.3) is 0 Å². The summed E-state index contributed by atoms with van der Waals surface area (Å²) in [5, 5.41) is 8.97. The molecule has 0 spiro atoms. The van der Waals surface area contributed by atoms with E-state index in [2.05, 4.69) is 46.2 Å². The summed E-state index contributed by atoms with van der Waals surface area (Å²) in [6.45, 7) is 18.8. The molecule has 0 aliphatic heterocycles. The standard InChI is InChI=1S/C4H10.C3H7N.C3H8.C3H6.C2H6N2/c2*1-3-4-2;2*1-3-2;1-2(3)4/h3-4H2,1-2H3;3-4H,1H2,2H3;3H2,1-2H3;3H,1H2,2H3;1H3,(H3,3,4). The Bertz CT molecular complexity index is 126. The lowest BCUT2D eigenvalue weighted by molar-refractivity contribution is 0.886. The molecule has 0 aliphatic carbocycles. The van der Waals surface area contributed by atoms with E-state index in [9.17, 15) is 0 Å². The van der Waals surface area contributed by atoms with E-state index in [4.69, 9.17) is 11.1 Å². The summed E-state index contributed by atoms with van der Waals surface area (Å²) in [6, 6.07) is 0. The third kappa shape index (κ3) is 4960. The Balaban J connectivity index is -0.0000000394. The lowest BCUT2D eigenvalue weighted by atomic mass is 10.4. The summed E-state index contributed by atoms with van der Waals surface area (Å²) < 4.78 is 0. The highest BCUT2D eigenvalue weighted by atomic mass is 14.8. The molecule has 0 aromatic rings. The molecule has 3 heteroatoms. The molecule has 0 aromatic heterocycles. The molecule has 0 radical (unpaired) electrons. The van der Waals surface area contributed by atoms with Crippen LogP contribution in [0.5, 0.6) is 0 Å². The summed E-state index contributed by atoms with van der Waals surface area (Å²) in [5.41, 5.74) is 4.69. The number of amidine groups is 1. The van der Waals surface area contributed by atoms with E-state index in [0.717, 1.165) is 0 Å². The van der Waals surface area contributed by atoms with E-state index in [-0.39, 0.29) is 5.84 Å². The number of rotatable bonds is 2. The Morgan fingerprint density at radius 3 is 1.28 bits per heavy atom. The number of nitrogens with two attached hydrogens (primary N) is 1. The lowest BCUT2D eigenvalue weighted by Gasteiger charge is -1.70. The zero-order valence-corrected chi connectivity index (χ0v) is 13.8. The molecule has 0 rings (SSSR count). The van der Waals surface area contributed by atoms with Crippen LogP contribution in [-0.2, 0) is 0 Å². The second-order valence-electron chi connectivity index (χ2n) is 3.29. The summed E-state index contributed by atoms with van der Waals surface area (Å²) in [6.07, 6.45) is 7.26. The lowest BCUT2D eigenvalue weighted by Crippen LogP contribution is -2.00. The molecule has 0 bridgehead atoms. The highest BCUT2D eigenvalue weighted by Gasteiger charge is 1.56. The van der Waals surface area contributed by atoms with E-state index >= 15 is 0 Å². The Hall–Kier alpha value is -1.25. The van der Waals surface area contributed by atoms with Crippen LogP contribution in [0.4, 0.5) is 0 Å². The van der Waals surface area contributed by atoms with Gasteiger partial charge in [0.05, 0.1) is 5.84 Å². The maximum absolute atomic E-state index is 6.28. The summed E-state index contributed by atoms with van der Waals surface area (Å²) in [7, 11) is 1.81. The maximum atomic E-state index is 6.28. The Labute approximate surface area is 116 Å². The zero-order chi connectivity index (χ0) is 15.8. The van der Waals surface area contributed by atoms with Crippen molar-refractivity contribution in [2.24, 2.45) is 5.73 Å². The second-order valence-corrected chi connectivity index (χ2v) is 3.29. The fourth-order valence-electron chi connectivity index (χ4n) is 0. The summed E-state index contributed by atoms with van der Waals surface area (Å²) in [5.74, 6) is 0.167. The third-order valence-electron chi connectivity index (χ3n) is 0.704. The molecular formula is C15H37N3. The van der Waals surface area contributed by atoms with Gasteiger partial charge in [0.1, 0.15) is 0 Å². The molecule has 0 aliphatic rings. The fourth-order valence-corrected chi connectivity index (χ4v) is 0. The molecular weight excluding hydrogens is 222 g/mol. The predicted molar refractivity (Wildman–Crippen MR) is 89.3 cm³/mol. The summed E-state index contributed by atoms with van der Waals surface area (Å²) in [4.78, 5) is 0. The largest absolute Gasteiger partial charge is 0.394 e. The molecule has 18 heavy (non-hydrogen) atoms. The van der Waals surface area contributed by atoms with Crippen LogP contribution in [-0.4, -0.2) is 12.9 Å². The summed E-state index contributed by atoms with van der Waals surface area (Å²) >= 11 is 0. The van der Waals surface area contributed by atoms with Gasteiger partial charge in [-0.15, -0.1) is 6.58 Å².